The summed E-state index contributed by atoms with van der Waals surface area (Å²) in [4.78, 5) is 12.0. The molecule has 0 saturated heterocycles. The molecule has 1 amide bonds. The predicted molar refractivity (Wildman–Crippen MR) is 77.0 cm³/mol. The first-order chi connectivity index (χ1) is 9.50. The average Bonchev–Trinajstić information content (AvgIpc) is 2.92. The van der Waals surface area contributed by atoms with Crippen molar-refractivity contribution in [2.75, 3.05) is 7.11 Å². The van der Waals surface area contributed by atoms with Crippen molar-refractivity contribution >= 4 is 5.91 Å². The van der Waals surface area contributed by atoms with Gasteiger partial charge in [0, 0.05) is 5.54 Å². The second kappa shape index (κ2) is 5.82. The van der Waals surface area contributed by atoms with Crippen molar-refractivity contribution in [3.8, 4) is 5.75 Å². The average molecular weight is 273 g/mol. The van der Waals surface area contributed by atoms with Gasteiger partial charge < -0.3 is 14.5 Å². The molecule has 1 aromatic carbocycles. The predicted octanol–water partition coefficient (Wildman–Crippen LogP) is 3.04. The molecular weight excluding hydrogens is 254 g/mol. The van der Waals surface area contributed by atoms with E-state index in [1.807, 2.05) is 38.1 Å². The van der Waals surface area contributed by atoms with Crippen molar-refractivity contribution < 1.29 is 13.9 Å². The lowest BCUT2D eigenvalue weighted by atomic mass is 9.94. The summed E-state index contributed by atoms with van der Waals surface area (Å²) in [6.45, 7) is 3.99. The number of rotatable bonds is 5. The maximum Gasteiger partial charge on any atom is 0.254 e. The lowest BCUT2D eigenvalue weighted by molar-refractivity contribution is 0.0912. The summed E-state index contributed by atoms with van der Waals surface area (Å²) in [6, 6.07) is 9.50. The molecule has 4 heteroatoms. The van der Waals surface area contributed by atoms with Crippen LogP contribution in [0.5, 0.6) is 5.75 Å². The molecule has 0 aliphatic carbocycles. The smallest absolute Gasteiger partial charge is 0.254 e. The van der Waals surface area contributed by atoms with Gasteiger partial charge in [-0.25, -0.2) is 0 Å². The van der Waals surface area contributed by atoms with Gasteiger partial charge in [0.15, 0.2) is 0 Å². The third-order valence-electron chi connectivity index (χ3n) is 3.04. The summed E-state index contributed by atoms with van der Waals surface area (Å²) in [5.41, 5.74) is 1.33. The van der Waals surface area contributed by atoms with E-state index in [1.54, 1.807) is 13.2 Å². The Labute approximate surface area is 118 Å². The Morgan fingerprint density at radius 2 is 1.95 bits per heavy atom. The van der Waals surface area contributed by atoms with Gasteiger partial charge in [0.05, 0.1) is 18.9 Å². The van der Waals surface area contributed by atoms with Gasteiger partial charge in [0.1, 0.15) is 12.0 Å². The van der Waals surface area contributed by atoms with Crippen LogP contribution in [0.4, 0.5) is 0 Å². The number of hydrogen-bond acceptors (Lipinski definition) is 3. The molecule has 0 atom stereocenters. The van der Waals surface area contributed by atoms with E-state index in [2.05, 4.69) is 5.32 Å². The molecule has 0 bridgehead atoms. The first-order valence-corrected chi connectivity index (χ1v) is 6.48. The molecule has 20 heavy (non-hydrogen) atoms. The monoisotopic (exact) mass is 273 g/mol. The topological polar surface area (TPSA) is 51.5 Å². The minimum Gasteiger partial charge on any atom is -0.497 e. The molecule has 1 aromatic heterocycles. The minimum absolute atomic E-state index is 0.128. The zero-order valence-electron chi connectivity index (χ0n) is 12.0. The fraction of sp³-hybridized carbons (Fsp3) is 0.312. The highest BCUT2D eigenvalue weighted by Crippen LogP contribution is 2.17. The number of amides is 1. The van der Waals surface area contributed by atoms with E-state index in [4.69, 9.17) is 9.15 Å². The molecule has 0 aliphatic rings. The third-order valence-corrected chi connectivity index (χ3v) is 3.04. The number of benzene rings is 1. The Kier molecular flexibility index (Phi) is 4.13. The summed E-state index contributed by atoms with van der Waals surface area (Å²) in [6.07, 6.45) is 3.67. The Bertz CT molecular complexity index is 556. The van der Waals surface area contributed by atoms with E-state index in [0.717, 1.165) is 17.7 Å². The van der Waals surface area contributed by atoms with Crippen LogP contribution in [0.3, 0.4) is 0 Å². The fourth-order valence-electron chi connectivity index (χ4n) is 2.07. The van der Waals surface area contributed by atoms with E-state index in [0.29, 0.717) is 5.56 Å². The van der Waals surface area contributed by atoms with Crippen LogP contribution < -0.4 is 10.1 Å². The molecule has 0 aliphatic heterocycles. The van der Waals surface area contributed by atoms with Crippen LogP contribution in [-0.4, -0.2) is 18.6 Å². The van der Waals surface area contributed by atoms with Gasteiger partial charge >= 0.3 is 0 Å². The zero-order valence-corrected chi connectivity index (χ0v) is 12.0. The molecule has 1 heterocycles. The lowest BCUT2D eigenvalue weighted by Crippen LogP contribution is -2.45. The number of hydrogen-bond donors (Lipinski definition) is 1. The molecule has 2 rings (SSSR count). The zero-order chi connectivity index (χ0) is 14.6. The van der Waals surface area contributed by atoms with Gasteiger partial charge in [-0.15, -0.1) is 0 Å². The Balaban J connectivity index is 2.00. The summed E-state index contributed by atoms with van der Waals surface area (Å²) >= 11 is 0. The van der Waals surface area contributed by atoms with E-state index < -0.39 is 0 Å². The van der Waals surface area contributed by atoms with Crippen molar-refractivity contribution in [2.45, 2.75) is 25.8 Å². The molecule has 0 radical (unpaired) electrons. The highest BCUT2D eigenvalue weighted by atomic mass is 16.5. The maximum atomic E-state index is 12.0. The van der Waals surface area contributed by atoms with Crippen LogP contribution in [0.15, 0.2) is 47.3 Å². The number of carbonyl (C=O) groups excluding carboxylic acids is 1. The normalized spacial score (nSPS) is 11.2. The summed E-state index contributed by atoms with van der Waals surface area (Å²) in [5.74, 6) is 0.700. The molecule has 106 valence electrons. The van der Waals surface area contributed by atoms with Gasteiger partial charge in [-0.3, -0.25) is 4.79 Å². The highest BCUT2D eigenvalue weighted by Gasteiger charge is 2.22. The van der Waals surface area contributed by atoms with E-state index in [9.17, 15) is 4.79 Å². The maximum absolute atomic E-state index is 12.0. The van der Waals surface area contributed by atoms with E-state index >= 15 is 0 Å². The summed E-state index contributed by atoms with van der Waals surface area (Å²) < 4.78 is 10.1. The largest absolute Gasteiger partial charge is 0.497 e. The molecule has 1 N–H and O–H groups in total. The van der Waals surface area contributed by atoms with Crippen LogP contribution >= 0.6 is 0 Å². The van der Waals surface area contributed by atoms with Gasteiger partial charge in [-0.1, -0.05) is 12.1 Å². The van der Waals surface area contributed by atoms with Crippen molar-refractivity contribution in [3.05, 3.63) is 54.0 Å². The number of ether oxygens (including phenoxy) is 1. The Morgan fingerprint density at radius 3 is 2.50 bits per heavy atom. The quantitative estimate of drug-likeness (QED) is 0.911. The Hall–Kier alpha value is -2.23. The number of nitrogens with one attached hydrogen (secondary N) is 1. The summed E-state index contributed by atoms with van der Waals surface area (Å²) in [5, 5.41) is 3.01. The molecule has 0 saturated carbocycles. The second-order valence-corrected chi connectivity index (χ2v) is 5.37. The minimum atomic E-state index is -0.344. The first-order valence-electron chi connectivity index (χ1n) is 6.48. The number of furan rings is 1. The first kappa shape index (κ1) is 14.2. The molecule has 2 aromatic rings. The highest BCUT2D eigenvalue weighted by molar-refractivity contribution is 5.94. The molecule has 4 nitrogen and oxygen atoms in total. The number of methoxy groups -OCH3 is 1. The van der Waals surface area contributed by atoms with E-state index in [-0.39, 0.29) is 11.4 Å². The van der Waals surface area contributed by atoms with Gasteiger partial charge in [-0.2, -0.15) is 0 Å². The van der Waals surface area contributed by atoms with Crippen LogP contribution in [-0.2, 0) is 6.42 Å². The molecular formula is C16H19NO3. The Morgan fingerprint density at radius 1 is 1.25 bits per heavy atom. The van der Waals surface area contributed by atoms with Crippen LogP contribution in [0.25, 0.3) is 0 Å². The SMILES string of the molecule is COc1ccc(CC(C)(C)NC(=O)c2ccoc2)cc1. The molecule has 0 fully saturated rings. The van der Waals surface area contributed by atoms with E-state index in [1.165, 1.54) is 12.5 Å². The van der Waals surface area contributed by atoms with Gasteiger partial charge in [0.25, 0.3) is 5.91 Å². The lowest BCUT2D eigenvalue weighted by Gasteiger charge is -2.26. The third kappa shape index (κ3) is 3.63. The van der Waals surface area contributed by atoms with Crippen molar-refractivity contribution in [1.82, 2.24) is 5.32 Å². The molecule has 0 spiro atoms. The van der Waals surface area contributed by atoms with Gasteiger partial charge in [0.2, 0.25) is 0 Å². The van der Waals surface area contributed by atoms with Crippen molar-refractivity contribution in [2.24, 2.45) is 0 Å². The van der Waals surface area contributed by atoms with Gasteiger partial charge in [-0.05, 0) is 44.0 Å². The van der Waals surface area contributed by atoms with Crippen molar-refractivity contribution in [3.63, 3.8) is 0 Å². The van der Waals surface area contributed by atoms with Crippen LogP contribution in [0.1, 0.15) is 29.8 Å². The number of carbonyl (C=O) groups is 1. The van der Waals surface area contributed by atoms with Crippen LogP contribution in [0.2, 0.25) is 0 Å². The summed E-state index contributed by atoms with van der Waals surface area (Å²) in [7, 11) is 1.64. The molecule has 0 unspecified atom stereocenters. The standard InChI is InChI=1S/C16H19NO3/c1-16(2,17-15(18)13-8-9-20-11-13)10-12-4-6-14(19-3)7-5-12/h4-9,11H,10H2,1-3H3,(H,17,18). The fourth-order valence-corrected chi connectivity index (χ4v) is 2.07. The van der Waals surface area contributed by atoms with Crippen LogP contribution in [0, 0.1) is 0 Å². The van der Waals surface area contributed by atoms with Crippen molar-refractivity contribution in [1.29, 1.82) is 0 Å². The second-order valence-electron chi connectivity index (χ2n) is 5.37.